The Morgan fingerprint density at radius 2 is 1.76 bits per heavy atom. The number of nitrogens with zero attached hydrogens (tertiary/aromatic N) is 2. The Kier molecular flexibility index (Phi) is 9.92. The second kappa shape index (κ2) is 14.1. The van der Waals surface area contributed by atoms with Gasteiger partial charge in [0.1, 0.15) is 6.29 Å². The summed E-state index contributed by atoms with van der Waals surface area (Å²) in [7, 11) is 0. The number of benzene rings is 2. The molecular formula is C37H48N4O5. The number of ether oxygens (including phenoxy) is 2. The van der Waals surface area contributed by atoms with E-state index in [1.165, 1.54) is 0 Å². The number of aryl methyl sites for hydroxylation is 2. The zero-order valence-electron chi connectivity index (χ0n) is 27.6. The van der Waals surface area contributed by atoms with Crippen LogP contribution in [0.15, 0.2) is 42.6 Å². The van der Waals surface area contributed by atoms with Gasteiger partial charge in [-0.3, -0.25) is 14.5 Å². The number of fused-ring (bicyclic) bond motifs is 1. The third-order valence-corrected chi connectivity index (χ3v) is 10.2. The number of para-hydroxylation sites is 1. The van der Waals surface area contributed by atoms with E-state index in [0.717, 1.165) is 84.8 Å². The Balaban J connectivity index is 1.14. The molecule has 2 N–H and O–H groups in total. The minimum atomic E-state index is -0.166. The molecule has 246 valence electrons. The highest BCUT2D eigenvalue weighted by atomic mass is 16.5. The molecule has 0 unspecified atom stereocenters. The van der Waals surface area contributed by atoms with Crippen LogP contribution < -0.4 is 5.32 Å². The van der Waals surface area contributed by atoms with Crippen molar-refractivity contribution < 1.29 is 23.9 Å². The molecule has 46 heavy (non-hydrogen) atoms. The molecule has 3 fully saturated rings. The van der Waals surface area contributed by atoms with Gasteiger partial charge in [0.05, 0.1) is 42.9 Å². The van der Waals surface area contributed by atoms with E-state index in [9.17, 15) is 14.4 Å². The first-order valence-electron chi connectivity index (χ1n) is 16.9. The highest BCUT2D eigenvalue weighted by molar-refractivity contribution is 6.13. The van der Waals surface area contributed by atoms with E-state index in [0.29, 0.717) is 25.1 Å². The molecule has 9 heteroatoms. The molecule has 2 aliphatic heterocycles. The van der Waals surface area contributed by atoms with Gasteiger partial charge in [0.15, 0.2) is 0 Å². The number of carbonyl (C=O) groups excluding carboxylic acids is 3. The van der Waals surface area contributed by atoms with Gasteiger partial charge >= 0.3 is 0 Å². The molecule has 1 saturated carbocycles. The maximum atomic E-state index is 14.0. The lowest BCUT2D eigenvalue weighted by molar-refractivity contribution is -0.133. The average Bonchev–Trinajstić information content (AvgIpc) is 3.67. The number of aromatic amines is 1. The van der Waals surface area contributed by atoms with Crippen molar-refractivity contribution in [3.63, 3.8) is 0 Å². The van der Waals surface area contributed by atoms with Gasteiger partial charge in [-0.2, -0.15) is 0 Å². The topological polar surface area (TPSA) is 104 Å². The Morgan fingerprint density at radius 1 is 1.02 bits per heavy atom. The van der Waals surface area contributed by atoms with Crippen LogP contribution in [0.4, 0.5) is 5.69 Å². The van der Waals surface area contributed by atoms with Crippen LogP contribution in [-0.2, 0) is 25.5 Å². The van der Waals surface area contributed by atoms with Crippen molar-refractivity contribution in [1.29, 1.82) is 0 Å². The summed E-state index contributed by atoms with van der Waals surface area (Å²) >= 11 is 0. The summed E-state index contributed by atoms with van der Waals surface area (Å²) in [6.45, 7) is 11.1. The molecule has 2 saturated heterocycles. The molecular weight excluding hydrogens is 580 g/mol. The van der Waals surface area contributed by atoms with Crippen LogP contribution in [0.3, 0.4) is 0 Å². The Hall–Kier alpha value is -3.53. The minimum absolute atomic E-state index is 0.00545. The van der Waals surface area contributed by atoms with Crippen molar-refractivity contribution in [3.05, 3.63) is 64.8 Å². The quantitative estimate of drug-likeness (QED) is 0.306. The first kappa shape index (κ1) is 32.4. The summed E-state index contributed by atoms with van der Waals surface area (Å²) in [6, 6.07) is 12.0. The highest BCUT2D eigenvalue weighted by Gasteiger charge is 2.40. The van der Waals surface area contributed by atoms with Crippen molar-refractivity contribution in [2.45, 2.75) is 96.6 Å². The molecule has 3 aromatic rings. The third-order valence-electron chi connectivity index (χ3n) is 10.2. The molecule has 0 bridgehead atoms. The van der Waals surface area contributed by atoms with Crippen LogP contribution in [0.25, 0.3) is 10.9 Å². The molecule has 9 nitrogen and oxygen atoms in total. The van der Waals surface area contributed by atoms with E-state index in [1.807, 2.05) is 55.1 Å². The number of amides is 2. The fourth-order valence-corrected chi connectivity index (χ4v) is 7.69. The normalized spacial score (nSPS) is 27.2. The van der Waals surface area contributed by atoms with E-state index in [2.05, 4.69) is 29.0 Å². The largest absolute Gasteiger partial charge is 0.376 e. The maximum absolute atomic E-state index is 14.0. The average molecular weight is 629 g/mol. The molecule has 4 atom stereocenters. The Bertz CT molecular complexity index is 1550. The lowest BCUT2D eigenvalue weighted by Crippen LogP contribution is -2.51. The number of aromatic nitrogens is 1. The number of carbonyl (C=O) groups is 3. The zero-order chi connectivity index (χ0) is 32.4. The van der Waals surface area contributed by atoms with Gasteiger partial charge in [0, 0.05) is 54.4 Å². The number of morpholine rings is 1. The van der Waals surface area contributed by atoms with Crippen molar-refractivity contribution in [3.8, 4) is 0 Å². The number of likely N-dealkylation sites (tertiary alicyclic amines) is 1. The Morgan fingerprint density at radius 3 is 2.50 bits per heavy atom. The van der Waals surface area contributed by atoms with Crippen LogP contribution in [-0.4, -0.2) is 89.5 Å². The summed E-state index contributed by atoms with van der Waals surface area (Å²) < 4.78 is 12.4. The predicted molar refractivity (Wildman–Crippen MR) is 179 cm³/mol. The van der Waals surface area contributed by atoms with E-state index >= 15 is 0 Å². The number of rotatable bonds is 9. The van der Waals surface area contributed by atoms with Crippen LogP contribution in [0.5, 0.6) is 0 Å². The van der Waals surface area contributed by atoms with E-state index < -0.39 is 0 Å². The highest BCUT2D eigenvalue weighted by Crippen LogP contribution is 2.30. The van der Waals surface area contributed by atoms with Gasteiger partial charge in [-0.05, 0) is 88.6 Å². The first-order valence-corrected chi connectivity index (χ1v) is 16.9. The minimum Gasteiger partial charge on any atom is -0.376 e. The Labute approximate surface area is 272 Å². The lowest BCUT2D eigenvalue weighted by atomic mass is 9.88. The standard InChI is InChI=1S/C37H48N4O5/c1-23-14-35(39-37(44)33-17-38-34-8-6-5-7-32(33)34)24(2)13-28(23)15-36(43)41-20-29(40-18-25(3)46-26(4)19-40)16-30(41)22-45-31-11-9-27(21-42)10-12-31/h5-8,13-14,17,21,25-27,29-31,38H,9-12,15-16,18-20,22H2,1-4H3,(H,39,44)/t25-,26+,27?,29-,30-,31?/m0/s1. The van der Waals surface area contributed by atoms with E-state index in [1.54, 1.807) is 6.20 Å². The molecule has 0 spiro atoms. The SMILES string of the molecule is Cc1cc(NC(=O)c2c[nH]c3ccccc23)c(C)cc1CC(=O)N1C[C@@H](N2C[C@@H](C)O[C@@H](C)C2)C[C@H]1COC1CCC(C=O)CC1. The summed E-state index contributed by atoms with van der Waals surface area (Å²) in [4.78, 5) is 46.2. The van der Waals surface area contributed by atoms with Crippen LogP contribution in [0, 0.1) is 19.8 Å². The summed E-state index contributed by atoms with van der Waals surface area (Å²) in [5, 5.41) is 3.97. The molecule has 3 heterocycles. The lowest BCUT2D eigenvalue weighted by Gasteiger charge is -2.38. The van der Waals surface area contributed by atoms with Gasteiger partial charge in [0.2, 0.25) is 5.91 Å². The molecule has 1 aromatic heterocycles. The maximum Gasteiger partial charge on any atom is 0.257 e. The fraction of sp³-hybridized carbons (Fsp3) is 0.541. The zero-order valence-corrected chi connectivity index (χ0v) is 27.6. The van der Waals surface area contributed by atoms with E-state index in [4.69, 9.17) is 9.47 Å². The van der Waals surface area contributed by atoms with Crippen molar-refractivity contribution in [2.24, 2.45) is 5.92 Å². The number of nitrogens with one attached hydrogen (secondary N) is 2. The monoisotopic (exact) mass is 628 g/mol. The molecule has 3 aliphatic rings. The summed E-state index contributed by atoms with van der Waals surface area (Å²) in [6.07, 6.45) is 8.03. The van der Waals surface area contributed by atoms with Crippen LogP contribution in [0.1, 0.15) is 73.0 Å². The molecule has 1 aliphatic carbocycles. The number of hydrogen-bond acceptors (Lipinski definition) is 6. The van der Waals surface area contributed by atoms with Gasteiger partial charge in [-0.25, -0.2) is 0 Å². The predicted octanol–water partition coefficient (Wildman–Crippen LogP) is 5.43. The van der Waals surface area contributed by atoms with E-state index in [-0.39, 0.29) is 48.1 Å². The number of hydrogen-bond donors (Lipinski definition) is 2. The van der Waals surface area contributed by atoms with Crippen LogP contribution >= 0.6 is 0 Å². The van der Waals surface area contributed by atoms with Crippen molar-refractivity contribution in [1.82, 2.24) is 14.8 Å². The van der Waals surface area contributed by atoms with Gasteiger partial charge in [-0.15, -0.1) is 0 Å². The molecule has 0 radical (unpaired) electrons. The molecule has 2 amide bonds. The number of aldehydes is 1. The van der Waals surface area contributed by atoms with Gasteiger partial charge in [-0.1, -0.05) is 24.3 Å². The third kappa shape index (κ3) is 7.22. The number of H-pyrrole nitrogens is 1. The van der Waals surface area contributed by atoms with Gasteiger partial charge in [0.25, 0.3) is 5.91 Å². The fourth-order valence-electron chi connectivity index (χ4n) is 7.69. The summed E-state index contributed by atoms with van der Waals surface area (Å²) in [5.74, 6) is 0.0911. The second-order valence-corrected chi connectivity index (χ2v) is 13.8. The van der Waals surface area contributed by atoms with Crippen molar-refractivity contribution >= 4 is 34.7 Å². The molecule has 6 rings (SSSR count). The second-order valence-electron chi connectivity index (χ2n) is 13.8. The van der Waals surface area contributed by atoms with Crippen LogP contribution in [0.2, 0.25) is 0 Å². The summed E-state index contributed by atoms with van der Waals surface area (Å²) in [5.41, 5.74) is 5.13. The smallest absolute Gasteiger partial charge is 0.257 e. The molecule has 2 aromatic carbocycles. The van der Waals surface area contributed by atoms with Gasteiger partial charge < -0.3 is 29.5 Å². The van der Waals surface area contributed by atoms with Crippen molar-refractivity contribution in [2.75, 3.05) is 31.6 Å². The first-order chi connectivity index (χ1) is 22.2. The number of anilines is 1.